The van der Waals surface area contributed by atoms with Gasteiger partial charge in [0.2, 0.25) is 5.91 Å². The number of benzene rings is 1. The quantitative estimate of drug-likeness (QED) is 0.889. The van der Waals surface area contributed by atoms with E-state index < -0.39 is 11.4 Å². The van der Waals surface area contributed by atoms with Crippen LogP contribution in [0.3, 0.4) is 0 Å². The largest absolute Gasteiger partial charge is 0.389 e. The molecule has 0 radical (unpaired) electrons. The van der Waals surface area contributed by atoms with Crippen molar-refractivity contribution in [2.75, 3.05) is 5.32 Å². The van der Waals surface area contributed by atoms with Gasteiger partial charge < -0.3 is 10.4 Å². The van der Waals surface area contributed by atoms with Crippen molar-refractivity contribution in [3.05, 3.63) is 28.5 Å². The third-order valence-corrected chi connectivity index (χ3v) is 3.97. The summed E-state index contributed by atoms with van der Waals surface area (Å²) >= 11 is 3.16. The average molecular weight is 330 g/mol. The number of carbonyl (C=O) groups is 1. The summed E-state index contributed by atoms with van der Waals surface area (Å²) in [6.45, 7) is 0. The van der Waals surface area contributed by atoms with E-state index in [4.69, 9.17) is 0 Å². The molecule has 1 fully saturated rings. The summed E-state index contributed by atoms with van der Waals surface area (Å²) < 4.78 is 14.2. The van der Waals surface area contributed by atoms with Gasteiger partial charge in [-0.3, -0.25) is 4.79 Å². The molecule has 2 rings (SSSR count). The van der Waals surface area contributed by atoms with E-state index in [0.717, 1.165) is 19.3 Å². The van der Waals surface area contributed by atoms with Gasteiger partial charge in [-0.2, -0.15) is 0 Å². The van der Waals surface area contributed by atoms with E-state index in [2.05, 4.69) is 21.2 Å². The Morgan fingerprint density at radius 3 is 2.68 bits per heavy atom. The Kier molecular flexibility index (Phi) is 4.58. The second kappa shape index (κ2) is 6.01. The zero-order valence-corrected chi connectivity index (χ0v) is 12.2. The molecule has 0 aromatic heterocycles. The predicted molar refractivity (Wildman–Crippen MR) is 75.4 cm³/mol. The fraction of sp³-hybridized carbons (Fsp3) is 0.500. The zero-order chi connectivity index (χ0) is 13.9. The maximum absolute atomic E-state index is 13.6. The minimum Gasteiger partial charge on any atom is -0.389 e. The van der Waals surface area contributed by atoms with Crippen LogP contribution in [-0.4, -0.2) is 16.6 Å². The maximum atomic E-state index is 13.6. The molecule has 0 spiro atoms. The number of nitrogens with one attached hydrogen (secondary N) is 1. The molecule has 1 amide bonds. The molecule has 19 heavy (non-hydrogen) atoms. The van der Waals surface area contributed by atoms with E-state index in [-0.39, 0.29) is 18.0 Å². The molecule has 3 nitrogen and oxygen atoms in total. The van der Waals surface area contributed by atoms with E-state index in [9.17, 15) is 14.3 Å². The molecule has 1 aliphatic carbocycles. The standard InChI is InChI=1S/C14H17BrFNO2/c15-10-4-5-12(11(16)8-10)17-13(18)9-14(19)6-2-1-3-7-14/h4-5,8,19H,1-3,6-7,9H2,(H,17,18). The molecule has 1 saturated carbocycles. The van der Waals surface area contributed by atoms with Crippen LogP contribution in [0.2, 0.25) is 0 Å². The number of hydrogen-bond acceptors (Lipinski definition) is 2. The number of amides is 1. The normalized spacial score (nSPS) is 18.1. The van der Waals surface area contributed by atoms with Crippen molar-refractivity contribution in [1.29, 1.82) is 0 Å². The maximum Gasteiger partial charge on any atom is 0.227 e. The van der Waals surface area contributed by atoms with Gasteiger partial charge in [-0.1, -0.05) is 35.2 Å². The van der Waals surface area contributed by atoms with Crippen molar-refractivity contribution in [3.8, 4) is 0 Å². The summed E-state index contributed by atoms with van der Waals surface area (Å²) in [6.07, 6.45) is 4.30. The third kappa shape index (κ3) is 4.01. The molecule has 0 bridgehead atoms. The van der Waals surface area contributed by atoms with Crippen LogP contribution < -0.4 is 5.32 Å². The SMILES string of the molecule is O=C(CC1(O)CCCCC1)Nc1ccc(Br)cc1F. The van der Waals surface area contributed by atoms with Crippen LogP contribution in [0, 0.1) is 5.82 Å². The minimum absolute atomic E-state index is 0.0303. The summed E-state index contributed by atoms with van der Waals surface area (Å²) in [5, 5.41) is 12.8. The van der Waals surface area contributed by atoms with Crippen LogP contribution in [0.5, 0.6) is 0 Å². The molecule has 5 heteroatoms. The molecule has 0 atom stereocenters. The van der Waals surface area contributed by atoms with Gasteiger partial charge in [0.1, 0.15) is 5.82 Å². The second-order valence-electron chi connectivity index (χ2n) is 5.13. The van der Waals surface area contributed by atoms with Crippen LogP contribution in [-0.2, 0) is 4.79 Å². The molecule has 1 aromatic carbocycles. The highest BCUT2D eigenvalue weighted by Crippen LogP contribution is 2.31. The van der Waals surface area contributed by atoms with Crippen LogP contribution in [0.15, 0.2) is 22.7 Å². The Morgan fingerprint density at radius 1 is 1.37 bits per heavy atom. The lowest BCUT2D eigenvalue weighted by Gasteiger charge is -2.31. The lowest BCUT2D eigenvalue weighted by atomic mass is 9.82. The minimum atomic E-state index is -0.922. The molecule has 0 unspecified atom stereocenters. The molecular formula is C14H17BrFNO2. The summed E-state index contributed by atoms with van der Waals surface area (Å²) in [6, 6.07) is 4.46. The van der Waals surface area contributed by atoms with Gasteiger partial charge >= 0.3 is 0 Å². The first kappa shape index (κ1) is 14.5. The lowest BCUT2D eigenvalue weighted by Crippen LogP contribution is -2.36. The molecule has 1 aromatic rings. The van der Waals surface area contributed by atoms with Gasteiger partial charge in [-0.25, -0.2) is 4.39 Å². The van der Waals surface area contributed by atoms with Crippen molar-refractivity contribution >= 4 is 27.5 Å². The highest BCUT2D eigenvalue weighted by atomic mass is 79.9. The first-order valence-corrected chi connectivity index (χ1v) is 7.25. The first-order valence-electron chi connectivity index (χ1n) is 6.46. The Balaban J connectivity index is 1.97. The summed E-state index contributed by atoms with van der Waals surface area (Å²) in [7, 11) is 0. The smallest absolute Gasteiger partial charge is 0.227 e. The van der Waals surface area contributed by atoms with Crippen molar-refractivity contribution in [2.24, 2.45) is 0 Å². The highest BCUT2D eigenvalue weighted by Gasteiger charge is 2.31. The van der Waals surface area contributed by atoms with E-state index >= 15 is 0 Å². The summed E-state index contributed by atoms with van der Waals surface area (Å²) in [5.74, 6) is -0.830. The second-order valence-corrected chi connectivity index (χ2v) is 6.05. The monoisotopic (exact) mass is 329 g/mol. The van der Waals surface area contributed by atoms with Gasteiger partial charge in [-0.05, 0) is 31.0 Å². The molecule has 1 aliphatic rings. The number of hydrogen-bond donors (Lipinski definition) is 2. The molecule has 2 N–H and O–H groups in total. The third-order valence-electron chi connectivity index (χ3n) is 3.48. The topological polar surface area (TPSA) is 49.3 Å². The highest BCUT2D eigenvalue weighted by molar-refractivity contribution is 9.10. The Hall–Kier alpha value is -0.940. The van der Waals surface area contributed by atoms with E-state index in [1.54, 1.807) is 6.07 Å². The van der Waals surface area contributed by atoms with Crippen molar-refractivity contribution in [1.82, 2.24) is 0 Å². The zero-order valence-electron chi connectivity index (χ0n) is 10.6. The fourth-order valence-corrected chi connectivity index (χ4v) is 2.80. The number of aliphatic hydroxyl groups is 1. The van der Waals surface area contributed by atoms with E-state index in [0.29, 0.717) is 17.3 Å². The van der Waals surface area contributed by atoms with Crippen LogP contribution in [0.4, 0.5) is 10.1 Å². The van der Waals surface area contributed by atoms with Crippen LogP contribution in [0.1, 0.15) is 38.5 Å². The molecule has 0 aliphatic heterocycles. The van der Waals surface area contributed by atoms with Gasteiger partial charge in [0.05, 0.1) is 17.7 Å². The van der Waals surface area contributed by atoms with Gasteiger partial charge in [0, 0.05) is 4.47 Å². The van der Waals surface area contributed by atoms with Crippen molar-refractivity contribution < 1.29 is 14.3 Å². The van der Waals surface area contributed by atoms with E-state index in [1.807, 2.05) is 0 Å². The average Bonchev–Trinajstić information content (AvgIpc) is 2.33. The van der Waals surface area contributed by atoms with Crippen LogP contribution in [0.25, 0.3) is 0 Å². The van der Waals surface area contributed by atoms with E-state index in [1.165, 1.54) is 12.1 Å². The molecule has 0 saturated heterocycles. The van der Waals surface area contributed by atoms with Crippen LogP contribution >= 0.6 is 15.9 Å². The fourth-order valence-electron chi connectivity index (χ4n) is 2.47. The number of rotatable bonds is 3. The lowest BCUT2D eigenvalue weighted by molar-refractivity contribution is -0.122. The van der Waals surface area contributed by atoms with Crippen molar-refractivity contribution in [3.63, 3.8) is 0 Å². The first-order chi connectivity index (χ1) is 8.98. The molecular weight excluding hydrogens is 313 g/mol. The molecule has 0 heterocycles. The number of carbonyl (C=O) groups excluding carboxylic acids is 1. The summed E-state index contributed by atoms with van der Waals surface area (Å²) in [4.78, 5) is 11.9. The van der Waals surface area contributed by atoms with Gasteiger partial charge in [0.25, 0.3) is 0 Å². The number of halogens is 2. The van der Waals surface area contributed by atoms with Gasteiger partial charge in [-0.15, -0.1) is 0 Å². The number of anilines is 1. The Morgan fingerprint density at radius 2 is 2.05 bits per heavy atom. The molecule has 104 valence electrons. The predicted octanol–water partition coefficient (Wildman–Crippen LogP) is 3.61. The van der Waals surface area contributed by atoms with Crippen molar-refractivity contribution in [2.45, 2.75) is 44.1 Å². The van der Waals surface area contributed by atoms with Gasteiger partial charge in [0.15, 0.2) is 0 Å². The Bertz CT molecular complexity index is 473. The summed E-state index contributed by atoms with van der Waals surface area (Å²) in [5.41, 5.74) is -0.777. The Labute approximate surface area is 120 Å².